The first-order valence-electron chi connectivity index (χ1n) is 6.07. The van der Waals surface area contributed by atoms with Crippen LogP contribution in [0.25, 0.3) is 0 Å². The second-order valence-electron chi connectivity index (χ2n) is 4.77. The molecular formula is C13H17BrN2. The van der Waals surface area contributed by atoms with Gasteiger partial charge in [-0.15, -0.1) is 0 Å². The number of piperidine rings is 1. The van der Waals surface area contributed by atoms with Gasteiger partial charge >= 0.3 is 0 Å². The predicted octanol–water partition coefficient (Wildman–Crippen LogP) is 2.73. The lowest BCUT2D eigenvalue weighted by Gasteiger charge is -2.46. The third-order valence-corrected chi connectivity index (χ3v) is 4.21. The largest absolute Gasteiger partial charge is 0.366 e. The van der Waals surface area contributed by atoms with Crippen molar-refractivity contribution in [2.75, 3.05) is 31.1 Å². The molecule has 2 bridgehead atoms. The highest BCUT2D eigenvalue weighted by molar-refractivity contribution is 9.10. The number of anilines is 1. The topological polar surface area (TPSA) is 6.48 Å². The van der Waals surface area contributed by atoms with Gasteiger partial charge in [-0.05, 0) is 37.6 Å². The van der Waals surface area contributed by atoms with E-state index >= 15 is 0 Å². The molecule has 1 aromatic rings. The maximum atomic E-state index is 3.56. The van der Waals surface area contributed by atoms with Gasteiger partial charge in [0.05, 0.1) is 0 Å². The molecule has 2 saturated heterocycles. The van der Waals surface area contributed by atoms with Crippen molar-refractivity contribution in [3.8, 4) is 0 Å². The van der Waals surface area contributed by atoms with Crippen LogP contribution in [-0.4, -0.2) is 37.1 Å². The lowest BCUT2D eigenvalue weighted by Crippen LogP contribution is -2.56. The number of piperazine rings is 1. The first-order chi connectivity index (χ1) is 7.83. The molecule has 2 aliphatic heterocycles. The molecule has 0 aromatic heterocycles. The van der Waals surface area contributed by atoms with Crippen molar-refractivity contribution in [3.05, 3.63) is 28.7 Å². The average Bonchev–Trinajstić information content (AvgIpc) is 2.29. The number of halogens is 1. The molecule has 0 N–H and O–H groups in total. The summed E-state index contributed by atoms with van der Waals surface area (Å²) in [7, 11) is 0. The van der Waals surface area contributed by atoms with E-state index < -0.39 is 0 Å². The lowest BCUT2D eigenvalue weighted by molar-refractivity contribution is 0.174. The van der Waals surface area contributed by atoms with Crippen LogP contribution in [0.15, 0.2) is 28.7 Å². The smallest absolute Gasteiger partial charge is 0.0418 e. The number of nitrogens with zero attached hydrogens (tertiary/aromatic N) is 2. The summed E-state index contributed by atoms with van der Waals surface area (Å²) in [5, 5.41) is 0. The third kappa shape index (κ3) is 1.98. The zero-order valence-electron chi connectivity index (χ0n) is 9.40. The summed E-state index contributed by atoms with van der Waals surface area (Å²) >= 11 is 3.56. The van der Waals surface area contributed by atoms with Gasteiger partial charge in [0.2, 0.25) is 0 Å². The van der Waals surface area contributed by atoms with Crippen LogP contribution < -0.4 is 4.90 Å². The van der Waals surface area contributed by atoms with Gasteiger partial charge < -0.3 is 4.90 Å². The summed E-state index contributed by atoms with van der Waals surface area (Å²) in [6.45, 7) is 4.97. The Morgan fingerprint density at radius 2 is 2.12 bits per heavy atom. The van der Waals surface area contributed by atoms with Crippen molar-refractivity contribution in [2.24, 2.45) is 0 Å². The molecule has 2 nitrogen and oxygen atoms in total. The van der Waals surface area contributed by atoms with E-state index in [9.17, 15) is 0 Å². The Bertz CT molecular complexity index is 380. The number of hydrogen-bond acceptors (Lipinski definition) is 2. The van der Waals surface area contributed by atoms with Crippen molar-refractivity contribution in [1.82, 2.24) is 4.90 Å². The van der Waals surface area contributed by atoms with Gasteiger partial charge in [-0.2, -0.15) is 0 Å². The minimum absolute atomic E-state index is 0.733. The van der Waals surface area contributed by atoms with Gasteiger partial charge in [-0.25, -0.2) is 0 Å². The Balaban J connectivity index is 1.84. The van der Waals surface area contributed by atoms with Crippen LogP contribution in [0.2, 0.25) is 0 Å². The summed E-state index contributed by atoms with van der Waals surface area (Å²) in [5.74, 6) is 0. The maximum Gasteiger partial charge on any atom is 0.0418 e. The molecule has 2 aliphatic rings. The fourth-order valence-electron chi connectivity index (χ4n) is 2.92. The molecule has 1 aromatic carbocycles. The fraction of sp³-hybridized carbons (Fsp3) is 0.538. The molecule has 0 amide bonds. The van der Waals surface area contributed by atoms with E-state index in [1.54, 1.807) is 0 Å². The maximum absolute atomic E-state index is 3.56. The number of rotatable bonds is 1. The van der Waals surface area contributed by atoms with Crippen LogP contribution >= 0.6 is 15.9 Å². The Kier molecular flexibility index (Phi) is 2.90. The van der Waals surface area contributed by atoms with Crippen molar-refractivity contribution in [1.29, 1.82) is 0 Å². The minimum Gasteiger partial charge on any atom is -0.366 e. The minimum atomic E-state index is 0.733. The van der Waals surface area contributed by atoms with Crippen LogP contribution in [0.3, 0.4) is 0 Å². The fourth-order valence-corrected chi connectivity index (χ4v) is 3.30. The first-order valence-corrected chi connectivity index (χ1v) is 6.87. The van der Waals surface area contributed by atoms with Gasteiger partial charge in [-0.1, -0.05) is 22.0 Å². The summed E-state index contributed by atoms with van der Waals surface area (Å²) in [4.78, 5) is 5.18. The molecule has 0 aliphatic carbocycles. The van der Waals surface area contributed by atoms with E-state index in [0.29, 0.717) is 0 Å². The molecule has 3 heteroatoms. The molecule has 86 valence electrons. The van der Waals surface area contributed by atoms with E-state index in [0.717, 1.165) is 6.04 Å². The Morgan fingerprint density at radius 1 is 1.19 bits per heavy atom. The van der Waals surface area contributed by atoms with Crippen molar-refractivity contribution in [2.45, 2.75) is 18.9 Å². The molecule has 2 fully saturated rings. The SMILES string of the molecule is Brc1cccc(N2CCN3CCCC2C3)c1. The quantitative estimate of drug-likeness (QED) is 0.781. The summed E-state index contributed by atoms with van der Waals surface area (Å²) in [6.07, 6.45) is 2.71. The highest BCUT2D eigenvalue weighted by atomic mass is 79.9. The van der Waals surface area contributed by atoms with Gasteiger partial charge in [-0.3, -0.25) is 4.90 Å². The Labute approximate surface area is 105 Å². The monoisotopic (exact) mass is 280 g/mol. The lowest BCUT2D eigenvalue weighted by atomic mass is 10.0. The van der Waals surface area contributed by atoms with E-state index in [4.69, 9.17) is 0 Å². The first kappa shape index (κ1) is 10.6. The van der Waals surface area contributed by atoms with Crippen molar-refractivity contribution in [3.63, 3.8) is 0 Å². The number of hydrogen-bond donors (Lipinski definition) is 0. The van der Waals surface area contributed by atoms with E-state index in [1.807, 2.05) is 0 Å². The third-order valence-electron chi connectivity index (χ3n) is 3.72. The van der Waals surface area contributed by atoms with Crippen LogP contribution in [0, 0.1) is 0 Å². The van der Waals surface area contributed by atoms with Crippen LogP contribution in [0.1, 0.15) is 12.8 Å². The molecule has 3 rings (SSSR count). The Hall–Kier alpha value is -0.540. The molecule has 0 saturated carbocycles. The highest BCUT2D eigenvalue weighted by Crippen LogP contribution is 2.28. The standard InChI is InChI=1S/C13H17BrN2/c14-11-3-1-4-12(9-11)16-8-7-15-6-2-5-13(16)10-15/h1,3-4,9,13H,2,5-8,10H2. The van der Waals surface area contributed by atoms with Gasteiger partial charge in [0.25, 0.3) is 0 Å². The summed E-state index contributed by atoms with van der Waals surface area (Å²) in [5.41, 5.74) is 1.38. The predicted molar refractivity (Wildman–Crippen MR) is 71.0 cm³/mol. The summed E-state index contributed by atoms with van der Waals surface area (Å²) in [6, 6.07) is 9.44. The van der Waals surface area contributed by atoms with Crippen LogP contribution in [0.4, 0.5) is 5.69 Å². The zero-order chi connectivity index (χ0) is 11.0. The average molecular weight is 281 g/mol. The molecule has 16 heavy (non-hydrogen) atoms. The van der Waals surface area contributed by atoms with Crippen LogP contribution in [-0.2, 0) is 0 Å². The molecule has 0 radical (unpaired) electrons. The zero-order valence-corrected chi connectivity index (χ0v) is 11.0. The second-order valence-corrected chi connectivity index (χ2v) is 5.69. The molecule has 2 heterocycles. The Morgan fingerprint density at radius 3 is 3.00 bits per heavy atom. The molecular weight excluding hydrogens is 264 g/mol. The molecule has 2 atom stereocenters. The van der Waals surface area contributed by atoms with Gasteiger partial charge in [0.15, 0.2) is 0 Å². The second kappa shape index (κ2) is 4.38. The normalized spacial score (nSPS) is 29.2. The highest BCUT2D eigenvalue weighted by Gasteiger charge is 2.29. The van der Waals surface area contributed by atoms with Gasteiger partial charge in [0, 0.05) is 35.8 Å². The van der Waals surface area contributed by atoms with Crippen molar-refractivity contribution >= 4 is 21.6 Å². The van der Waals surface area contributed by atoms with E-state index in [2.05, 4.69) is 50.0 Å². The molecule has 2 unspecified atom stereocenters. The van der Waals surface area contributed by atoms with E-state index in [1.165, 1.54) is 49.2 Å². The number of benzene rings is 1. The van der Waals surface area contributed by atoms with E-state index in [-0.39, 0.29) is 0 Å². The number of fused-ring (bicyclic) bond motifs is 2. The van der Waals surface area contributed by atoms with Crippen molar-refractivity contribution < 1.29 is 0 Å². The molecule has 0 spiro atoms. The van der Waals surface area contributed by atoms with Crippen LogP contribution in [0.5, 0.6) is 0 Å². The summed E-state index contributed by atoms with van der Waals surface area (Å²) < 4.78 is 1.18. The van der Waals surface area contributed by atoms with Gasteiger partial charge in [0.1, 0.15) is 0 Å².